The van der Waals surface area contributed by atoms with E-state index >= 15 is 0 Å². The number of pyridine rings is 1. The monoisotopic (exact) mass is 258 g/mol. The molecule has 2 unspecified atom stereocenters. The summed E-state index contributed by atoms with van der Waals surface area (Å²) in [6.45, 7) is 3.91. The molecule has 1 aliphatic heterocycles. The predicted molar refractivity (Wildman–Crippen MR) is 73.5 cm³/mol. The minimum atomic E-state index is 0.373. The number of rotatable bonds is 3. The van der Waals surface area contributed by atoms with Crippen LogP contribution in [0.25, 0.3) is 11.3 Å². The first kappa shape index (κ1) is 12.2. The highest BCUT2D eigenvalue weighted by Gasteiger charge is 2.25. The lowest BCUT2D eigenvalue weighted by Crippen LogP contribution is -2.17. The van der Waals surface area contributed by atoms with Crippen LogP contribution in [0.3, 0.4) is 0 Å². The Labute approximate surface area is 112 Å². The van der Waals surface area contributed by atoms with Crippen LogP contribution in [-0.4, -0.2) is 27.7 Å². The molecular weight excluding hydrogens is 240 g/mol. The van der Waals surface area contributed by atoms with Gasteiger partial charge in [0.05, 0.1) is 24.8 Å². The van der Waals surface area contributed by atoms with Crippen LogP contribution < -0.4 is 5.73 Å². The third kappa shape index (κ3) is 2.33. The molecule has 0 aliphatic carbocycles. The van der Waals surface area contributed by atoms with E-state index in [1.54, 1.807) is 6.20 Å². The lowest BCUT2D eigenvalue weighted by atomic mass is 10.00. The number of anilines is 1. The fraction of sp³-hybridized carbons (Fsp3) is 0.429. The van der Waals surface area contributed by atoms with Gasteiger partial charge in [0.1, 0.15) is 5.82 Å². The Kier molecular flexibility index (Phi) is 3.21. The lowest BCUT2D eigenvalue weighted by molar-refractivity contribution is 0.175. The number of aromatic nitrogens is 3. The van der Waals surface area contributed by atoms with E-state index in [0.29, 0.717) is 17.8 Å². The average molecular weight is 258 g/mol. The summed E-state index contributed by atoms with van der Waals surface area (Å²) < 4.78 is 7.68. The van der Waals surface area contributed by atoms with Crippen LogP contribution in [-0.2, 0) is 4.74 Å². The fourth-order valence-corrected chi connectivity index (χ4v) is 2.57. The van der Waals surface area contributed by atoms with E-state index in [9.17, 15) is 0 Å². The molecule has 0 aromatic carbocycles. The van der Waals surface area contributed by atoms with E-state index in [-0.39, 0.29) is 0 Å². The zero-order chi connectivity index (χ0) is 13.2. The second-order valence-corrected chi connectivity index (χ2v) is 5.02. The van der Waals surface area contributed by atoms with E-state index in [1.165, 1.54) is 0 Å². The van der Waals surface area contributed by atoms with Crippen molar-refractivity contribution >= 4 is 5.82 Å². The van der Waals surface area contributed by atoms with Gasteiger partial charge in [-0.2, -0.15) is 0 Å². The number of hydrogen-bond acceptors (Lipinski definition) is 4. The van der Waals surface area contributed by atoms with Crippen molar-refractivity contribution < 1.29 is 4.74 Å². The normalized spacial score (nSPS) is 20.6. The van der Waals surface area contributed by atoms with Gasteiger partial charge >= 0.3 is 0 Å². The first-order valence-corrected chi connectivity index (χ1v) is 6.57. The standard InChI is InChI=1S/C14H18N4O/c1-10(12-4-5-19-8-12)18-9-16-7-13(18)11-2-3-14(15)17-6-11/h2-3,6-7,9-10,12H,4-5,8H2,1H3,(H2,15,17). The molecule has 3 rings (SSSR count). The van der Waals surface area contributed by atoms with Crippen LogP contribution in [0.4, 0.5) is 5.82 Å². The molecular formula is C14H18N4O. The van der Waals surface area contributed by atoms with E-state index in [0.717, 1.165) is 30.9 Å². The van der Waals surface area contributed by atoms with Crippen molar-refractivity contribution in [3.05, 3.63) is 30.9 Å². The number of hydrogen-bond donors (Lipinski definition) is 1. The summed E-state index contributed by atoms with van der Waals surface area (Å²) in [6, 6.07) is 4.17. The second kappa shape index (κ2) is 5.01. The molecule has 19 heavy (non-hydrogen) atoms. The molecule has 2 atom stereocenters. The Morgan fingerprint density at radius 2 is 2.32 bits per heavy atom. The maximum absolute atomic E-state index is 5.63. The van der Waals surface area contributed by atoms with E-state index in [1.807, 2.05) is 24.7 Å². The zero-order valence-electron chi connectivity index (χ0n) is 11.0. The summed E-state index contributed by atoms with van der Waals surface area (Å²) >= 11 is 0. The Hall–Kier alpha value is -1.88. The second-order valence-electron chi connectivity index (χ2n) is 5.02. The molecule has 1 saturated heterocycles. The summed E-state index contributed by atoms with van der Waals surface area (Å²) in [7, 11) is 0. The Bertz CT molecular complexity index is 543. The van der Waals surface area contributed by atoms with Crippen molar-refractivity contribution in [2.24, 2.45) is 5.92 Å². The number of ether oxygens (including phenoxy) is 1. The highest BCUT2D eigenvalue weighted by Crippen LogP contribution is 2.30. The molecule has 100 valence electrons. The number of nitrogens with zero attached hydrogens (tertiary/aromatic N) is 3. The van der Waals surface area contributed by atoms with Crippen LogP contribution >= 0.6 is 0 Å². The summed E-state index contributed by atoms with van der Waals surface area (Å²) in [5, 5.41) is 0. The van der Waals surface area contributed by atoms with Crippen LogP contribution in [0.1, 0.15) is 19.4 Å². The molecule has 1 fully saturated rings. The van der Waals surface area contributed by atoms with Crippen molar-refractivity contribution in [1.29, 1.82) is 0 Å². The smallest absolute Gasteiger partial charge is 0.123 e. The largest absolute Gasteiger partial charge is 0.384 e. The van der Waals surface area contributed by atoms with Gasteiger partial charge in [-0.15, -0.1) is 0 Å². The molecule has 2 N–H and O–H groups in total. The first-order valence-electron chi connectivity index (χ1n) is 6.57. The maximum atomic E-state index is 5.63. The third-order valence-electron chi connectivity index (χ3n) is 3.83. The molecule has 3 heterocycles. The Balaban J connectivity index is 1.91. The molecule has 0 spiro atoms. The first-order chi connectivity index (χ1) is 9.25. The topological polar surface area (TPSA) is 66.0 Å². The summed E-state index contributed by atoms with van der Waals surface area (Å²) in [5.74, 6) is 1.08. The average Bonchev–Trinajstić information content (AvgIpc) is 3.10. The molecule has 0 amide bonds. The summed E-state index contributed by atoms with van der Waals surface area (Å²) in [4.78, 5) is 8.42. The molecule has 1 aliphatic rings. The van der Waals surface area contributed by atoms with Gasteiger partial charge in [-0.05, 0) is 25.5 Å². The minimum Gasteiger partial charge on any atom is -0.384 e. The number of imidazole rings is 1. The van der Waals surface area contributed by atoms with E-state index in [4.69, 9.17) is 10.5 Å². The maximum Gasteiger partial charge on any atom is 0.123 e. The highest BCUT2D eigenvalue weighted by atomic mass is 16.5. The van der Waals surface area contributed by atoms with E-state index in [2.05, 4.69) is 21.5 Å². The van der Waals surface area contributed by atoms with Crippen molar-refractivity contribution in [2.45, 2.75) is 19.4 Å². The van der Waals surface area contributed by atoms with Crippen LogP contribution in [0, 0.1) is 5.92 Å². The quantitative estimate of drug-likeness (QED) is 0.915. The molecule has 0 saturated carbocycles. The van der Waals surface area contributed by atoms with Gasteiger partial charge in [-0.25, -0.2) is 9.97 Å². The Morgan fingerprint density at radius 3 is 3.00 bits per heavy atom. The van der Waals surface area contributed by atoms with Gasteiger partial charge in [-0.3, -0.25) is 0 Å². The molecule has 2 aromatic heterocycles. The molecule has 5 nitrogen and oxygen atoms in total. The van der Waals surface area contributed by atoms with Gasteiger partial charge in [0.2, 0.25) is 0 Å². The number of nitrogen functional groups attached to an aromatic ring is 1. The SMILES string of the molecule is CC(C1CCOC1)n1cncc1-c1ccc(N)nc1. The van der Waals surface area contributed by atoms with Crippen LogP contribution in [0.2, 0.25) is 0 Å². The van der Waals surface area contributed by atoms with Crippen molar-refractivity contribution in [1.82, 2.24) is 14.5 Å². The van der Waals surface area contributed by atoms with Crippen molar-refractivity contribution in [3.63, 3.8) is 0 Å². The van der Waals surface area contributed by atoms with Gasteiger partial charge in [-0.1, -0.05) is 0 Å². The highest BCUT2D eigenvalue weighted by molar-refractivity contribution is 5.59. The third-order valence-corrected chi connectivity index (χ3v) is 3.83. The van der Waals surface area contributed by atoms with Crippen LogP contribution in [0.5, 0.6) is 0 Å². The van der Waals surface area contributed by atoms with Gasteiger partial charge < -0.3 is 15.0 Å². The Morgan fingerprint density at radius 1 is 1.42 bits per heavy atom. The van der Waals surface area contributed by atoms with Gasteiger partial charge in [0.25, 0.3) is 0 Å². The van der Waals surface area contributed by atoms with Gasteiger partial charge in [0, 0.05) is 30.3 Å². The summed E-state index contributed by atoms with van der Waals surface area (Å²) in [5.41, 5.74) is 7.74. The molecule has 2 aromatic rings. The summed E-state index contributed by atoms with van der Waals surface area (Å²) in [6.07, 6.45) is 6.66. The van der Waals surface area contributed by atoms with Crippen molar-refractivity contribution in [2.75, 3.05) is 18.9 Å². The molecule has 5 heteroatoms. The number of nitrogens with two attached hydrogens (primary N) is 1. The minimum absolute atomic E-state index is 0.373. The fourth-order valence-electron chi connectivity index (χ4n) is 2.57. The molecule has 0 bridgehead atoms. The predicted octanol–water partition coefficient (Wildman–Crippen LogP) is 2.12. The van der Waals surface area contributed by atoms with E-state index < -0.39 is 0 Å². The van der Waals surface area contributed by atoms with Crippen LogP contribution in [0.15, 0.2) is 30.9 Å². The lowest BCUT2D eigenvalue weighted by Gasteiger charge is -2.21. The zero-order valence-corrected chi connectivity index (χ0v) is 11.0. The van der Waals surface area contributed by atoms with Crippen molar-refractivity contribution in [3.8, 4) is 11.3 Å². The molecule has 0 radical (unpaired) electrons. The van der Waals surface area contributed by atoms with Gasteiger partial charge in [0.15, 0.2) is 0 Å².